The summed E-state index contributed by atoms with van der Waals surface area (Å²) < 4.78 is 5.97. The minimum Gasteiger partial charge on any atom is -0.539 e. The molecular formula is C26H44N2O5. The number of carboxylic acids is 2. The minimum absolute atomic E-state index is 0.0664. The zero-order chi connectivity index (χ0) is 25.0. The van der Waals surface area contributed by atoms with Crippen molar-refractivity contribution in [2.75, 3.05) is 32.1 Å². The molecule has 1 saturated heterocycles. The van der Waals surface area contributed by atoms with Crippen molar-refractivity contribution >= 4 is 17.6 Å². The molecule has 0 amide bonds. The van der Waals surface area contributed by atoms with Crippen molar-refractivity contribution in [3.8, 4) is 0 Å². The fraction of sp³-hybridized carbons (Fsp3) is 0.692. The van der Waals surface area contributed by atoms with E-state index in [1.54, 1.807) is 0 Å². The number of nitrogens with zero attached hydrogens (tertiary/aromatic N) is 1. The van der Waals surface area contributed by atoms with E-state index in [2.05, 4.69) is 76.3 Å². The van der Waals surface area contributed by atoms with Crippen molar-refractivity contribution in [1.29, 1.82) is 0 Å². The summed E-state index contributed by atoms with van der Waals surface area (Å²) in [6.07, 6.45) is 6.54. The first-order valence-electron chi connectivity index (χ1n) is 12.1. The normalized spacial score (nSPS) is 18.2. The Labute approximate surface area is 199 Å². The summed E-state index contributed by atoms with van der Waals surface area (Å²) in [5, 5.41) is 18.8. The quantitative estimate of drug-likeness (QED) is 0.406. The molecule has 1 fully saturated rings. The van der Waals surface area contributed by atoms with Crippen LogP contribution in [-0.2, 0) is 20.9 Å². The number of aliphatic carboxylic acids is 2. The summed E-state index contributed by atoms with van der Waals surface area (Å²) >= 11 is 0. The molecular weight excluding hydrogens is 420 g/mol. The molecule has 1 aliphatic heterocycles. The van der Waals surface area contributed by atoms with E-state index in [1.165, 1.54) is 49.9 Å². The third-order valence-corrected chi connectivity index (χ3v) is 6.27. The number of quaternary nitrogens is 1. The highest BCUT2D eigenvalue weighted by Gasteiger charge is 2.33. The molecule has 2 unspecified atom stereocenters. The fourth-order valence-electron chi connectivity index (χ4n) is 4.38. The van der Waals surface area contributed by atoms with Crippen molar-refractivity contribution in [2.24, 2.45) is 17.8 Å². The molecule has 0 radical (unpaired) electrons. The van der Waals surface area contributed by atoms with Gasteiger partial charge in [-0.15, -0.1) is 0 Å². The van der Waals surface area contributed by atoms with Gasteiger partial charge in [0.1, 0.15) is 6.54 Å². The predicted octanol–water partition coefficient (Wildman–Crippen LogP) is 2.28. The highest BCUT2D eigenvalue weighted by molar-refractivity contribution is 6.26. The monoisotopic (exact) mass is 464 g/mol. The number of hydrogen-bond acceptors (Lipinski definition) is 5. The Morgan fingerprint density at radius 3 is 2.27 bits per heavy atom. The number of carboxylic acid groups (broad SMARTS) is 2. The van der Waals surface area contributed by atoms with E-state index >= 15 is 0 Å². The van der Waals surface area contributed by atoms with Crippen LogP contribution in [0.4, 0.5) is 5.69 Å². The van der Waals surface area contributed by atoms with Gasteiger partial charge in [-0.3, -0.25) is 0 Å². The average Bonchev–Trinajstić information content (AvgIpc) is 2.73. The van der Waals surface area contributed by atoms with Crippen molar-refractivity contribution in [1.82, 2.24) is 0 Å². The maximum Gasteiger partial charge on any atom is 0.351 e. The van der Waals surface area contributed by atoms with Crippen LogP contribution >= 0.6 is 0 Å². The van der Waals surface area contributed by atoms with E-state index in [0.717, 1.165) is 30.9 Å². The van der Waals surface area contributed by atoms with Crippen LogP contribution in [0, 0.1) is 17.8 Å². The molecule has 2 atom stereocenters. The van der Waals surface area contributed by atoms with Crippen LogP contribution in [-0.4, -0.2) is 49.9 Å². The van der Waals surface area contributed by atoms with E-state index < -0.39 is 11.9 Å². The first-order chi connectivity index (χ1) is 15.4. The lowest BCUT2D eigenvalue weighted by Crippen LogP contribution is -2.82. The lowest BCUT2D eigenvalue weighted by Gasteiger charge is -2.39. The Bertz CT molecular complexity index is 704. The van der Waals surface area contributed by atoms with Crippen LogP contribution in [0.15, 0.2) is 24.3 Å². The number of carbonyl (C=O) groups excluding carboxylic acids is 1. The van der Waals surface area contributed by atoms with Gasteiger partial charge in [0.15, 0.2) is 5.97 Å². The summed E-state index contributed by atoms with van der Waals surface area (Å²) in [6, 6.07) is 8.98. The second kappa shape index (κ2) is 14.2. The molecule has 1 aliphatic rings. The highest BCUT2D eigenvalue weighted by Crippen LogP contribution is 2.37. The summed E-state index contributed by atoms with van der Waals surface area (Å²) in [7, 11) is 4.19. The molecule has 33 heavy (non-hydrogen) atoms. The smallest absolute Gasteiger partial charge is 0.351 e. The first kappa shape index (κ1) is 28.9. The molecule has 0 saturated carbocycles. The summed E-state index contributed by atoms with van der Waals surface area (Å²) in [6.45, 7) is 12.5. The summed E-state index contributed by atoms with van der Waals surface area (Å²) in [5.41, 5.74) is 2.76. The number of rotatable bonds is 10. The second-order valence-electron chi connectivity index (χ2n) is 10.3. The highest BCUT2D eigenvalue weighted by atomic mass is 16.5. The van der Waals surface area contributed by atoms with Crippen LogP contribution < -0.4 is 15.3 Å². The van der Waals surface area contributed by atoms with Crippen molar-refractivity contribution in [3.05, 3.63) is 29.8 Å². The van der Waals surface area contributed by atoms with Gasteiger partial charge in [-0.25, -0.2) is 4.79 Å². The molecule has 0 spiro atoms. The SMILES string of the molecule is CC(C)CCC(CC[NH2+]Cc1ccc(N(C)C)cc1)C1CCOC(C)(C)C1.O=C([O-])C(=O)O. The molecule has 7 nitrogen and oxygen atoms in total. The lowest BCUT2D eigenvalue weighted by molar-refractivity contribution is -0.671. The number of carbonyl (C=O) groups is 2. The molecule has 2 rings (SSSR count). The Balaban J connectivity index is 0.000000801. The van der Waals surface area contributed by atoms with Crippen LogP contribution in [0.25, 0.3) is 0 Å². The third kappa shape index (κ3) is 12.1. The Hall–Kier alpha value is -2.12. The van der Waals surface area contributed by atoms with Crippen LogP contribution in [0.1, 0.15) is 65.4 Å². The van der Waals surface area contributed by atoms with E-state index in [1.807, 2.05) is 0 Å². The standard InChI is InChI=1S/C24H42N2O.C2H2O4/c1-19(2)7-10-21(22-14-16-27-24(3,4)17-22)13-15-25-18-20-8-11-23(12-9-20)26(5)6;3-1(4)2(5)6/h8-9,11-12,19,21-22,25H,7,10,13-18H2,1-6H3;(H,3,4)(H,5,6). The van der Waals surface area contributed by atoms with Gasteiger partial charge in [0.2, 0.25) is 0 Å². The average molecular weight is 465 g/mol. The van der Waals surface area contributed by atoms with Crippen molar-refractivity contribution in [2.45, 2.75) is 71.9 Å². The molecule has 1 aromatic rings. The number of nitrogens with two attached hydrogens (primary N) is 1. The Morgan fingerprint density at radius 2 is 1.79 bits per heavy atom. The van der Waals surface area contributed by atoms with Gasteiger partial charge in [-0.05, 0) is 69.4 Å². The molecule has 0 aliphatic carbocycles. The Kier molecular flexibility index (Phi) is 12.4. The topological polar surface area (TPSA) is 107 Å². The molecule has 1 aromatic carbocycles. The zero-order valence-corrected chi connectivity index (χ0v) is 21.3. The fourth-order valence-corrected chi connectivity index (χ4v) is 4.38. The van der Waals surface area contributed by atoms with Crippen LogP contribution in [0.5, 0.6) is 0 Å². The lowest BCUT2D eigenvalue weighted by atomic mass is 9.75. The van der Waals surface area contributed by atoms with E-state index in [-0.39, 0.29) is 5.60 Å². The maximum absolute atomic E-state index is 9.04. The number of hydrogen-bond donors (Lipinski definition) is 2. The van der Waals surface area contributed by atoms with Crippen molar-refractivity contribution in [3.63, 3.8) is 0 Å². The summed E-state index contributed by atoms with van der Waals surface area (Å²) in [5.74, 6) is -1.52. The van der Waals surface area contributed by atoms with Gasteiger partial charge in [-0.1, -0.05) is 32.4 Å². The molecule has 1 heterocycles. The van der Waals surface area contributed by atoms with E-state index in [4.69, 9.17) is 24.5 Å². The van der Waals surface area contributed by atoms with Gasteiger partial charge in [0, 0.05) is 32.0 Å². The minimum atomic E-state index is -2.07. The van der Waals surface area contributed by atoms with Gasteiger partial charge in [0.25, 0.3) is 0 Å². The van der Waals surface area contributed by atoms with Gasteiger partial charge in [-0.2, -0.15) is 0 Å². The zero-order valence-electron chi connectivity index (χ0n) is 21.3. The number of ether oxygens (including phenoxy) is 1. The molecule has 0 aromatic heterocycles. The summed E-state index contributed by atoms with van der Waals surface area (Å²) in [4.78, 5) is 20.2. The van der Waals surface area contributed by atoms with Crippen LogP contribution in [0.2, 0.25) is 0 Å². The molecule has 7 heteroatoms. The van der Waals surface area contributed by atoms with Gasteiger partial charge in [0.05, 0.1) is 12.1 Å². The largest absolute Gasteiger partial charge is 0.539 e. The molecule has 3 N–H and O–H groups in total. The third-order valence-electron chi connectivity index (χ3n) is 6.27. The van der Waals surface area contributed by atoms with Crippen molar-refractivity contribution < 1.29 is 29.9 Å². The van der Waals surface area contributed by atoms with E-state index in [0.29, 0.717) is 0 Å². The second-order valence-corrected chi connectivity index (χ2v) is 10.3. The maximum atomic E-state index is 9.04. The van der Waals surface area contributed by atoms with Gasteiger partial charge < -0.3 is 30.0 Å². The molecule has 0 bridgehead atoms. The number of anilines is 1. The number of benzene rings is 1. The van der Waals surface area contributed by atoms with Gasteiger partial charge >= 0.3 is 5.97 Å². The first-order valence-corrected chi connectivity index (χ1v) is 12.1. The van der Waals surface area contributed by atoms with E-state index in [9.17, 15) is 0 Å². The van der Waals surface area contributed by atoms with Crippen LogP contribution in [0.3, 0.4) is 0 Å². The molecule has 188 valence electrons. The predicted molar refractivity (Wildman–Crippen MR) is 129 cm³/mol. The Morgan fingerprint density at radius 1 is 1.18 bits per heavy atom.